The van der Waals surface area contributed by atoms with Crippen molar-refractivity contribution < 1.29 is 4.79 Å². The van der Waals surface area contributed by atoms with E-state index in [2.05, 4.69) is 17.4 Å². The molecule has 0 spiro atoms. The second kappa shape index (κ2) is 6.21. The van der Waals surface area contributed by atoms with Gasteiger partial charge in [-0.15, -0.1) is 12.4 Å². The zero-order chi connectivity index (χ0) is 12.3. The standard InChI is InChI=1S/C14H20N2O.ClH/c1-11(16-13(17)14(15)9-10-14)7-8-12-5-3-2-4-6-12;/h2-6,11H,7-10,15H2,1H3,(H,16,17);1H. The number of nitrogens with one attached hydrogen (secondary N) is 1. The second-order valence-electron chi connectivity index (χ2n) is 5.05. The van der Waals surface area contributed by atoms with Gasteiger partial charge in [0.2, 0.25) is 5.91 Å². The van der Waals surface area contributed by atoms with Gasteiger partial charge in [0.05, 0.1) is 5.54 Å². The Morgan fingerprint density at radius 2 is 2.00 bits per heavy atom. The van der Waals surface area contributed by atoms with Crippen LogP contribution in [-0.2, 0) is 11.2 Å². The number of benzene rings is 1. The maximum atomic E-state index is 11.7. The fourth-order valence-electron chi connectivity index (χ4n) is 1.83. The normalized spacial score (nSPS) is 17.4. The number of carbonyl (C=O) groups is 1. The number of carbonyl (C=O) groups excluding carboxylic acids is 1. The van der Waals surface area contributed by atoms with Gasteiger partial charge in [-0.1, -0.05) is 30.3 Å². The molecule has 0 aliphatic heterocycles. The van der Waals surface area contributed by atoms with E-state index in [4.69, 9.17) is 5.73 Å². The Hall–Kier alpha value is -1.06. The van der Waals surface area contributed by atoms with Crippen LogP contribution in [0.2, 0.25) is 0 Å². The van der Waals surface area contributed by atoms with E-state index < -0.39 is 5.54 Å². The molecule has 1 unspecified atom stereocenters. The predicted octanol–water partition coefficient (Wildman–Crippen LogP) is 2.04. The Morgan fingerprint density at radius 1 is 1.39 bits per heavy atom. The van der Waals surface area contributed by atoms with Gasteiger partial charge in [-0.3, -0.25) is 4.79 Å². The largest absolute Gasteiger partial charge is 0.352 e. The third kappa shape index (κ3) is 4.00. The summed E-state index contributed by atoms with van der Waals surface area (Å²) >= 11 is 0. The molecule has 1 saturated carbocycles. The third-order valence-electron chi connectivity index (χ3n) is 3.33. The van der Waals surface area contributed by atoms with Crippen molar-refractivity contribution in [3.8, 4) is 0 Å². The van der Waals surface area contributed by atoms with Crippen LogP contribution in [0.5, 0.6) is 0 Å². The highest BCUT2D eigenvalue weighted by Gasteiger charge is 2.46. The molecular weight excluding hydrogens is 248 g/mol. The molecule has 0 heterocycles. The maximum Gasteiger partial charge on any atom is 0.240 e. The summed E-state index contributed by atoms with van der Waals surface area (Å²) in [6, 6.07) is 10.5. The van der Waals surface area contributed by atoms with Gasteiger partial charge in [-0.25, -0.2) is 0 Å². The molecule has 0 radical (unpaired) electrons. The van der Waals surface area contributed by atoms with Gasteiger partial charge in [0.1, 0.15) is 0 Å². The summed E-state index contributed by atoms with van der Waals surface area (Å²) in [4.78, 5) is 11.7. The minimum atomic E-state index is -0.555. The molecule has 18 heavy (non-hydrogen) atoms. The molecule has 3 nitrogen and oxygen atoms in total. The smallest absolute Gasteiger partial charge is 0.240 e. The molecule has 1 aromatic rings. The highest BCUT2D eigenvalue weighted by Crippen LogP contribution is 2.32. The lowest BCUT2D eigenvalue weighted by Gasteiger charge is -2.16. The summed E-state index contributed by atoms with van der Waals surface area (Å²) in [6.45, 7) is 2.03. The maximum absolute atomic E-state index is 11.7. The first kappa shape index (κ1) is 15.0. The number of hydrogen-bond donors (Lipinski definition) is 2. The number of aryl methyl sites for hydroxylation is 1. The average molecular weight is 269 g/mol. The zero-order valence-electron chi connectivity index (χ0n) is 10.7. The van der Waals surface area contributed by atoms with Crippen LogP contribution < -0.4 is 11.1 Å². The second-order valence-corrected chi connectivity index (χ2v) is 5.05. The SMILES string of the molecule is CC(CCc1ccccc1)NC(=O)C1(N)CC1.Cl. The Labute approximate surface area is 115 Å². The van der Waals surface area contributed by atoms with Crippen molar-refractivity contribution >= 4 is 18.3 Å². The van der Waals surface area contributed by atoms with E-state index in [-0.39, 0.29) is 24.4 Å². The third-order valence-corrected chi connectivity index (χ3v) is 3.33. The molecule has 1 aromatic carbocycles. The first-order chi connectivity index (χ1) is 8.10. The molecule has 1 atom stereocenters. The van der Waals surface area contributed by atoms with Gasteiger partial charge in [0, 0.05) is 6.04 Å². The molecule has 100 valence electrons. The van der Waals surface area contributed by atoms with E-state index in [0.717, 1.165) is 25.7 Å². The van der Waals surface area contributed by atoms with Crippen molar-refractivity contribution in [2.45, 2.75) is 44.2 Å². The Balaban J connectivity index is 0.00000162. The molecule has 0 aromatic heterocycles. The van der Waals surface area contributed by atoms with Gasteiger partial charge in [-0.05, 0) is 38.2 Å². The predicted molar refractivity (Wildman–Crippen MR) is 75.8 cm³/mol. The van der Waals surface area contributed by atoms with Crippen molar-refractivity contribution in [1.82, 2.24) is 5.32 Å². The summed E-state index contributed by atoms with van der Waals surface area (Å²) < 4.78 is 0. The Morgan fingerprint density at radius 3 is 2.56 bits per heavy atom. The lowest BCUT2D eigenvalue weighted by Crippen LogP contribution is -2.46. The number of nitrogens with two attached hydrogens (primary N) is 1. The van der Waals surface area contributed by atoms with Crippen molar-refractivity contribution in [3.63, 3.8) is 0 Å². The van der Waals surface area contributed by atoms with E-state index in [1.165, 1.54) is 5.56 Å². The van der Waals surface area contributed by atoms with E-state index in [9.17, 15) is 4.79 Å². The monoisotopic (exact) mass is 268 g/mol. The molecule has 1 amide bonds. The van der Waals surface area contributed by atoms with Crippen molar-refractivity contribution in [2.24, 2.45) is 5.73 Å². The lowest BCUT2D eigenvalue weighted by atomic mass is 10.1. The number of halogens is 1. The Bertz CT molecular complexity index is 390. The molecule has 1 fully saturated rings. The van der Waals surface area contributed by atoms with E-state index in [1.807, 2.05) is 25.1 Å². The van der Waals surface area contributed by atoms with Crippen molar-refractivity contribution in [2.75, 3.05) is 0 Å². The minimum absolute atomic E-state index is 0. The molecule has 2 rings (SSSR count). The first-order valence-corrected chi connectivity index (χ1v) is 6.24. The van der Waals surface area contributed by atoms with Gasteiger partial charge in [0.15, 0.2) is 0 Å². The van der Waals surface area contributed by atoms with E-state index in [0.29, 0.717) is 0 Å². The van der Waals surface area contributed by atoms with Crippen LogP contribution in [0, 0.1) is 0 Å². The zero-order valence-corrected chi connectivity index (χ0v) is 11.5. The highest BCUT2D eigenvalue weighted by atomic mass is 35.5. The summed E-state index contributed by atoms with van der Waals surface area (Å²) in [5, 5.41) is 2.99. The van der Waals surface area contributed by atoms with Crippen molar-refractivity contribution in [3.05, 3.63) is 35.9 Å². The van der Waals surface area contributed by atoms with Gasteiger partial charge < -0.3 is 11.1 Å². The van der Waals surface area contributed by atoms with E-state index in [1.54, 1.807) is 0 Å². The van der Waals surface area contributed by atoms with Crippen LogP contribution in [0.4, 0.5) is 0 Å². The first-order valence-electron chi connectivity index (χ1n) is 6.24. The van der Waals surface area contributed by atoms with Gasteiger partial charge in [-0.2, -0.15) is 0 Å². The molecule has 0 saturated heterocycles. The molecule has 3 N–H and O–H groups in total. The highest BCUT2D eigenvalue weighted by molar-refractivity contribution is 5.89. The minimum Gasteiger partial charge on any atom is -0.352 e. The fraction of sp³-hybridized carbons (Fsp3) is 0.500. The van der Waals surface area contributed by atoms with Crippen LogP contribution in [-0.4, -0.2) is 17.5 Å². The van der Waals surface area contributed by atoms with Crippen molar-refractivity contribution in [1.29, 1.82) is 0 Å². The van der Waals surface area contributed by atoms with Gasteiger partial charge in [0.25, 0.3) is 0 Å². The molecule has 0 bridgehead atoms. The van der Waals surface area contributed by atoms with Crippen LogP contribution >= 0.6 is 12.4 Å². The van der Waals surface area contributed by atoms with Crippen LogP contribution in [0.1, 0.15) is 31.7 Å². The topological polar surface area (TPSA) is 55.1 Å². The quantitative estimate of drug-likeness (QED) is 0.859. The van der Waals surface area contributed by atoms with Crippen LogP contribution in [0.25, 0.3) is 0 Å². The number of hydrogen-bond acceptors (Lipinski definition) is 2. The number of amides is 1. The summed E-state index contributed by atoms with van der Waals surface area (Å²) in [5.74, 6) is 0.0121. The van der Waals surface area contributed by atoms with Crippen LogP contribution in [0.3, 0.4) is 0 Å². The molecule has 1 aliphatic rings. The van der Waals surface area contributed by atoms with Gasteiger partial charge >= 0.3 is 0 Å². The summed E-state index contributed by atoms with van der Waals surface area (Å²) in [6.07, 6.45) is 3.58. The molecule has 4 heteroatoms. The summed E-state index contributed by atoms with van der Waals surface area (Å²) in [7, 11) is 0. The summed E-state index contributed by atoms with van der Waals surface area (Å²) in [5.41, 5.74) is 6.59. The molecular formula is C14H21ClN2O. The average Bonchev–Trinajstić information content (AvgIpc) is 3.07. The van der Waals surface area contributed by atoms with E-state index >= 15 is 0 Å². The molecule has 1 aliphatic carbocycles. The number of rotatable bonds is 5. The fourth-order valence-corrected chi connectivity index (χ4v) is 1.83. The lowest BCUT2D eigenvalue weighted by molar-refractivity contribution is -0.123. The van der Waals surface area contributed by atoms with Crippen LogP contribution in [0.15, 0.2) is 30.3 Å². The Kier molecular flexibility index (Phi) is 5.17.